The SMILES string of the molecule is C=C[C@]1(C)C[C@@H](OC(=O)c2ccccc2)[C@@H]2[C@@]3(C)CC(=O)[C@@H](O)C(C)(C)[C@@H]3C[C@@H](OC(C)=O)[C@@]2(O)C1=O. The van der Waals surface area contributed by atoms with Gasteiger partial charge >= 0.3 is 11.9 Å². The number of carbonyl (C=O) groups excluding carboxylic acids is 4. The van der Waals surface area contributed by atoms with Crippen molar-refractivity contribution in [2.24, 2.45) is 28.1 Å². The average Bonchev–Trinajstić information content (AvgIpc) is 2.83. The molecule has 8 heteroatoms. The van der Waals surface area contributed by atoms with Crippen LogP contribution < -0.4 is 0 Å². The second-order valence-electron chi connectivity index (χ2n) is 12.0. The van der Waals surface area contributed by atoms with Crippen LogP contribution >= 0.6 is 0 Å². The fourth-order valence-electron chi connectivity index (χ4n) is 7.53. The predicted octanol–water partition coefficient (Wildman–Crippen LogP) is 3.04. The minimum absolute atomic E-state index is 0.0349. The van der Waals surface area contributed by atoms with Crippen LogP contribution in [0.2, 0.25) is 0 Å². The minimum Gasteiger partial charge on any atom is -0.459 e. The van der Waals surface area contributed by atoms with E-state index >= 15 is 0 Å². The predicted molar refractivity (Wildman–Crippen MR) is 133 cm³/mol. The second-order valence-corrected chi connectivity index (χ2v) is 12.0. The van der Waals surface area contributed by atoms with Gasteiger partial charge in [0.05, 0.1) is 11.0 Å². The average molecular weight is 513 g/mol. The molecule has 0 spiro atoms. The summed E-state index contributed by atoms with van der Waals surface area (Å²) in [5.41, 5.74) is -5.25. The van der Waals surface area contributed by atoms with Crippen LogP contribution in [0.3, 0.4) is 0 Å². The Balaban J connectivity index is 1.92. The molecule has 8 atom stereocenters. The van der Waals surface area contributed by atoms with Gasteiger partial charge in [0.2, 0.25) is 0 Å². The fourth-order valence-corrected chi connectivity index (χ4v) is 7.53. The minimum atomic E-state index is -2.25. The summed E-state index contributed by atoms with van der Waals surface area (Å²) < 4.78 is 11.7. The van der Waals surface area contributed by atoms with E-state index in [4.69, 9.17) is 9.47 Å². The van der Waals surface area contributed by atoms with Crippen molar-refractivity contribution in [3.05, 3.63) is 48.6 Å². The zero-order chi connectivity index (χ0) is 27.6. The number of aliphatic hydroxyl groups excluding tert-OH is 1. The van der Waals surface area contributed by atoms with Gasteiger partial charge in [-0.15, -0.1) is 6.58 Å². The Hall–Kier alpha value is -2.84. The van der Waals surface area contributed by atoms with Crippen LogP contribution in [0.15, 0.2) is 43.0 Å². The van der Waals surface area contributed by atoms with Crippen molar-refractivity contribution in [3.8, 4) is 0 Å². The number of ether oxygens (including phenoxy) is 2. The summed E-state index contributed by atoms with van der Waals surface area (Å²) in [6.45, 7) is 11.9. The van der Waals surface area contributed by atoms with Crippen LogP contribution in [0, 0.1) is 28.1 Å². The van der Waals surface area contributed by atoms with Crippen molar-refractivity contribution in [1.29, 1.82) is 0 Å². The summed E-state index contributed by atoms with van der Waals surface area (Å²) >= 11 is 0. The Kier molecular flexibility index (Phi) is 6.53. The number of carbonyl (C=O) groups is 4. The number of rotatable bonds is 4. The van der Waals surface area contributed by atoms with Crippen LogP contribution in [0.4, 0.5) is 0 Å². The number of benzene rings is 1. The van der Waals surface area contributed by atoms with Crippen molar-refractivity contribution in [3.63, 3.8) is 0 Å². The highest BCUT2D eigenvalue weighted by molar-refractivity contribution is 5.97. The van der Waals surface area contributed by atoms with E-state index in [0.717, 1.165) is 0 Å². The Morgan fingerprint density at radius 3 is 2.27 bits per heavy atom. The molecular weight excluding hydrogens is 476 g/mol. The van der Waals surface area contributed by atoms with E-state index in [2.05, 4.69) is 6.58 Å². The molecule has 0 radical (unpaired) electrons. The molecule has 3 aliphatic carbocycles. The third-order valence-corrected chi connectivity index (χ3v) is 9.29. The molecule has 0 heterocycles. The van der Waals surface area contributed by atoms with Crippen LogP contribution in [0.1, 0.15) is 64.2 Å². The Bertz CT molecular complexity index is 1140. The Morgan fingerprint density at radius 1 is 1.08 bits per heavy atom. The van der Waals surface area contributed by atoms with Gasteiger partial charge in [-0.25, -0.2) is 4.79 Å². The maximum Gasteiger partial charge on any atom is 0.338 e. The summed E-state index contributed by atoms with van der Waals surface area (Å²) in [4.78, 5) is 52.6. The van der Waals surface area contributed by atoms with E-state index in [-0.39, 0.29) is 19.3 Å². The lowest BCUT2D eigenvalue weighted by molar-refractivity contribution is -0.266. The molecular formula is C29H36O8. The first-order valence-corrected chi connectivity index (χ1v) is 12.7. The third-order valence-electron chi connectivity index (χ3n) is 9.29. The summed E-state index contributed by atoms with van der Waals surface area (Å²) in [6, 6.07) is 8.37. The molecule has 0 bridgehead atoms. The lowest BCUT2D eigenvalue weighted by Crippen LogP contribution is -2.77. The van der Waals surface area contributed by atoms with E-state index in [1.807, 2.05) is 0 Å². The van der Waals surface area contributed by atoms with Gasteiger partial charge < -0.3 is 19.7 Å². The number of fused-ring (bicyclic) bond motifs is 3. The zero-order valence-corrected chi connectivity index (χ0v) is 22.0. The first-order chi connectivity index (χ1) is 17.1. The monoisotopic (exact) mass is 512 g/mol. The highest BCUT2D eigenvalue weighted by atomic mass is 16.6. The smallest absolute Gasteiger partial charge is 0.338 e. The topological polar surface area (TPSA) is 127 Å². The molecule has 4 rings (SSSR count). The van der Waals surface area contributed by atoms with Gasteiger partial charge in [-0.1, -0.05) is 45.0 Å². The standard InChI is InChI=1S/C29H36O8/c1-7-27(5)15-19(37-24(33)17-11-9-8-10-12-17)22-28(6)14-18(31)23(32)26(3,4)20(28)13-21(36-16(2)30)29(22,35)25(27)34/h7-12,19-23,32,35H,1,13-15H2,2-6H3/t19-,20+,21-,22-,23-,27-,28+,29+/m1/s1. The number of hydrogen-bond donors (Lipinski definition) is 2. The molecule has 3 fully saturated rings. The third kappa shape index (κ3) is 3.96. The highest BCUT2D eigenvalue weighted by Gasteiger charge is 2.75. The van der Waals surface area contributed by atoms with Crippen molar-refractivity contribution < 1.29 is 38.9 Å². The molecule has 2 N–H and O–H groups in total. The van der Waals surface area contributed by atoms with Crippen molar-refractivity contribution >= 4 is 23.5 Å². The quantitative estimate of drug-likeness (QED) is 0.466. The van der Waals surface area contributed by atoms with Gasteiger partial charge in [-0.2, -0.15) is 0 Å². The van der Waals surface area contributed by atoms with E-state index in [9.17, 15) is 29.4 Å². The Labute approximate surface area is 217 Å². The van der Waals surface area contributed by atoms with E-state index < -0.39 is 75.5 Å². The lowest BCUT2D eigenvalue weighted by Gasteiger charge is -2.66. The van der Waals surface area contributed by atoms with Gasteiger partial charge in [-0.3, -0.25) is 14.4 Å². The fraction of sp³-hybridized carbons (Fsp3) is 0.586. The number of aliphatic hydroxyl groups is 2. The lowest BCUT2D eigenvalue weighted by atomic mass is 9.40. The van der Waals surface area contributed by atoms with E-state index in [1.54, 1.807) is 58.0 Å². The maximum absolute atomic E-state index is 14.1. The molecule has 0 amide bonds. The summed E-state index contributed by atoms with van der Waals surface area (Å²) in [5.74, 6) is -3.83. The van der Waals surface area contributed by atoms with E-state index in [1.165, 1.54) is 13.0 Å². The number of Topliss-reactive ketones (excluding diaryl/α,β-unsaturated/α-hetero) is 2. The summed E-state index contributed by atoms with van der Waals surface area (Å²) in [6.07, 6.45) is -2.16. The van der Waals surface area contributed by atoms with Gasteiger partial charge in [0.1, 0.15) is 18.3 Å². The largest absolute Gasteiger partial charge is 0.459 e. The normalized spacial score (nSPS) is 40.7. The highest BCUT2D eigenvalue weighted by Crippen LogP contribution is 2.66. The number of allylic oxidation sites excluding steroid dienone is 1. The first-order valence-electron chi connectivity index (χ1n) is 12.7. The molecule has 0 unspecified atom stereocenters. The van der Waals surface area contributed by atoms with Crippen molar-refractivity contribution in [2.45, 2.75) is 77.8 Å². The zero-order valence-electron chi connectivity index (χ0n) is 22.0. The molecule has 200 valence electrons. The molecule has 8 nitrogen and oxygen atoms in total. The van der Waals surface area contributed by atoms with E-state index in [0.29, 0.717) is 5.56 Å². The number of esters is 2. The summed E-state index contributed by atoms with van der Waals surface area (Å²) in [5, 5.41) is 23.2. The molecule has 3 aliphatic rings. The molecule has 0 aliphatic heterocycles. The number of ketones is 2. The van der Waals surface area contributed by atoms with Crippen LogP contribution in [-0.2, 0) is 23.9 Å². The van der Waals surface area contributed by atoms with Gasteiger partial charge in [-0.05, 0) is 36.8 Å². The van der Waals surface area contributed by atoms with Gasteiger partial charge in [0, 0.05) is 31.1 Å². The Morgan fingerprint density at radius 2 is 1.70 bits per heavy atom. The summed E-state index contributed by atoms with van der Waals surface area (Å²) in [7, 11) is 0. The second kappa shape index (κ2) is 8.88. The molecule has 0 aromatic heterocycles. The molecule has 0 saturated heterocycles. The number of hydrogen-bond acceptors (Lipinski definition) is 8. The molecule has 1 aromatic rings. The molecule has 37 heavy (non-hydrogen) atoms. The van der Waals surface area contributed by atoms with Crippen LogP contribution in [-0.4, -0.2) is 57.6 Å². The molecule has 3 saturated carbocycles. The van der Waals surface area contributed by atoms with Gasteiger partial charge in [0.15, 0.2) is 17.2 Å². The first kappa shape index (κ1) is 27.2. The van der Waals surface area contributed by atoms with Crippen molar-refractivity contribution in [1.82, 2.24) is 0 Å². The maximum atomic E-state index is 14.1. The van der Waals surface area contributed by atoms with Crippen LogP contribution in [0.25, 0.3) is 0 Å². The molecule has 1 aromatic carbocycles. The van der Waals surface area contributed by atoms with Crippen LogP contribution in [0.5, 0.6) is 0 Å². The van der Waals surface area contributed by atoms with Crippen molar-refractivity contribution in [2.75, 3.05) is 0 Å². The van der Waals surface area contributed by atoms with Gasteiger partial charge in [0.25, 0.3) is 0 Å².